The molecule has 0 N–H and O–H groups in total. The van der Waals surface area contributed by atoms with Gasteiger partial charge >= 0.3 is 5.97 Å². The summed E-state index contributed by atoms with van der Waals surface area (Å²) >= 11 is 0. The second-order valence-electron chi connectivity index (χ2n) is 3.49. The molecule has 0 heterocycles. The van der Waals surface area contributed by atoms with Crippen LogP contribution >= 0.6 is 0 Å². The number of rotatable bonds is 4. The first-order chi connectivity index (χ1) is 8.51. The van der Waals surface area contributed by atoms with Crippen molar-refractivity contribution >= 4 is 11.9 Å². The molecule has 1 amide bonds. The summed E-state index contributed by atoms with van der Waals surface area (Å²) in [6.45, 7) is 1.39. The zero-order chi connectivity index (χ0) is 13.7. The molecule has 0 aliphatic heterocycles. The molecule has 0 atom stereocenters. The van der Waals surface area contributed by atoms with E-state index in [0.717, 1.165) is 23.1 Å². The van der Waals surface area contributed by atoms with Crippen LogP contribution in [0.25, 0.3) is 0 Å². The molecule has 0 radical (unpaired) electrons. The lowest BCUT2D eigenvalue weighted by Gasteiger charge is -2.19. The van der Waals surface area contributed by atoms with Crippen LogP contribution in [0.5, 0.6) is 0 Å². The van der Waals surface area contributed by atoms with Gasteiger partial charge in [0.15, 0.2) is 0 Å². The van der Waals surface area contributed by atoms with Crippen molar-refractivity contribution < 1.29 is 23.1 Å². The van der Waals surface area contributed by atoms with E-state index in [2.05, 4.69) is 4.74 Å². The number of esters is 1. The number of nitrogens with zero attached hydrogens (tertiary/aromatic N) is 1. The van der Waals surface area contributed by atoms with Gasteiger partial charge in [0, 0.05) is 6.54 Å². The maximum absolute atomic E-state index is 13.4. The number of methoxy groups -OCH3 is 1. The van der Waals surface area contributed by atoms with Crippen LogP contribution in [0.15, 0.2) is 18.2 Å². The first-order valence-electron chi connectivity index (χ1n) is 5.31. The van der Waals surface area contributed by atoms with E-state index < -0.39 is 29.1 Å². The van der Waals surface area contributed by atoms with E-state index in [1.807, 2.05) is 0 Å². The Hall–Kier alpha value is -1.98. The number of carbonyl (C=O) groups excluding carboxylic acids is 2. The van der Waals surface area contributed by atoms with E-state index in [-0.39, 0.29) is 13.1 Å². The van der Waals surface area contributed by atoms with Gasteiger partial charge in [-0.3, -0.25) is 9.59 Å². The van der Waals surface area contributed by atoms with E-state index in [4.69, 9.17) is 0 Å². The van der Waals surface area contributed by atoms with Gasteiger partial charge in [0.1, 0.15) is 23.7 Å². The van der Waals surface area contributed by atoms with Crippen molar-refractivity contribution in [2.24, 2.45) is 0 Å². The van der Waals surface area contributed by atoms with E-state index in [1.165, 1.54) is 7.11 Å². The lowest BCUT2D eigenvalue weighted by Crippen LogP contribution is -2.37. The molecule has 6 heteroatoms. The van der Waals surface area contributed by atoms with E-state index in [0.29, 0.717) is 0 Å². The molecule has 1 rings (SSSR count). The van der Waals surface area contributed by atoms with Crippen LogP contribution in [0.3, 0.4) is 0 Å². The highest BCUT2D eigenvalue weighted by molar-refractivity contribution is 5.96. The quantitative estimate of drug-likeness (QED) is 0.770. The van der Waals surface area contributed by atoms with Crippen molar-refractivity contribution in [3.8, 4) is 0 Å². The first kappa shape index (κ1) is 14.1. The highest BCUT2D eigenvalue weighted by Crippen LogP contribution is 2.14. The largest absolute Gasteiger partial charge is 0.468 e. The fourth-order valence-corrected chi connectivity index (χ4v) is 1.41. The predicted molar refractivity (Wildman–Crippen MR) is 60.0 cm³/mol. The van der Waals surface area contributed by atoms with Crippen molar-refractivity contribution in [2.75, 3.05) is 20.2 Å². The number of benzene rings is 1. The van der Waals surface area contributed by atoms with Gasteiger partial charge in [0.2, 0.25) is 0 Å². The summed E-state index contributed by atoms with van der Waals surface area (Å²) in [5.74, 6) is -3.44. The van der Waals surface area contributed by atoms with Crippen LogP contribution in [0, 0.1) is 11.6 Å². The van der Waals surface area contributed by atoms with Crippen LogP contribution in [-0.4, -0.2) is 37.0 Å². The summed E-state index contributed by atoms with van der Waals surface area (Å²) < 4.78 is 31.2. The van der Waals surface area contributed by atoms with Gasteiger partial charge in [-0.05, 0) is 19.1 Å². The maximum Gasteiger partial charge on any atom is 0.325 e. The second kappa shape index (κ2) is 6.09. The fourth-order valence-electron chi connectivity index (χ4n) is 1.41. The number of likely N-dealkylation sites (N-methyl/N-ethyl adjacent to an activating group) is 1. The normalized spacial score (nSPS) is 10.0. The Morgan fingerprint density at radius 1 is 1.28 bits per heavy atom. The average Bonchev–Trinajstić information content (AvgIpc) is 2.35. The molecule has 1 aromatic rings. The van der Waals surface area contributed by atoms with Gasteiger partial charge in [-0.15, -0.1) is 0 Å². The molecule has 0 bridgehead atoms. The van der Waals surface area contributed by atoms with Crippen LogP contribution < -0.4 is 0 Å². The van der Waals surface area contributed by atoms with Gasteiger partial charge in [-0.2, -0.15) is 0 Å². The summed E-state index contributed by atoms with van der Waals surface area (Å²) in [6, 6.07) is 3.14. The van der Waals surface area contributed by atoms with Gasteiger partial charge in [-0.1, -0.05) is 6.07 Å². The van der Waals surface area contributed by atoms with E-state index in [1.54, 1.807) is 6.92 Å². The van der Waals surface area contributed by atoms with Crippen LogP contribution in [0.1, 0.15) is 17.3 Å². The molecular weight excluding hydrogens is 244 g/mol. The number of carbonyl (C=O) groups is 2. The Bertz CT molecular complexity index is 442. The molecule has 0 unspecified atom stereocenters. The molecule has 0 saturated carbocycles. The second-order valence-corrected chi connectivity index (χ2v) is 3.49. The number of hydrogen-bond donors (Lipinski definition) is 0. The van der Waals surface area contributed by atoms with Gasteiger partial charge < -0.3 is 9.64 Å². The number of halogens is 2. The third-order valence-electron chi connectivity index (χ3n) is 2.39. The average molecular weight is 257 g/mol. The van der Waals surface area contributed by atoms with Crippen LogP contribution in [-0.2, 0) is 9.53 Å². The third kappa shape index (κ3) is 3.03. The van der Waals surface area contributed by atoms with Gasteiger partial charge in [0.25, 0.3) is 5.91 Å². The minimum atomic E-state index is -0.955. The number of amides is 1. The fraction of sp³-hybridized carbons (Fsp3) is 0.333. The molecule has 4 nitrogen and oxygen atoms in total. The molecule has 18 heavy (non-hydrogen) atoms. The highest BCUT2D eigenvalue weighted by Gasteiger charge is 2.23. The maximum atomic E-state index is 13.4. The summed E-state index contributed by atoms with van der Waals surface area (Å²) in [5.41, 5.74) is -0.664. The number of hydrogen-bond acceptors (Lipinski definition) is 3. The Morgan fingerprint density at radius 2 is 1.83 bits per heavy atom. The molecule has 0 saturated heterocycles. The zero-order valence-electron chi connectivity index (χ0n) is 10.1. The minimum absolute atomic E-state index is 0.141. The smallest absolute Gasteiger partial charge is 0.325 e. The van der Waals surface area contributed by atoms with Crippen molar-refractivity contribution in [1.29, 1.82) is 0 Å². The molecule has 0 fully saturated rings. The van der Waals surface area contributed by atoms with Gasteiger partial charge in [-0.25, -0.2) is 8.78 Å². The topological polar surface area (TPSA) is 46.6 Å². The number of ether oxygens (including phenoxy) is 1. The summed E-state index contributed by atoms with van der Waals surface area (Å²) in [6.07, 6.45) is 0. The lowest BCUT2D eigenvalue weighted by molar-refractivity contribution is -0.141. The summed E-state index contributed by atoms with van der Waals surface area (Å²) in [5, 5.41) is 0. The standard InChI is InChI=1S/C12H13F2NO3/c1-3-15(7-10(16)18-2)12(17)11-8(13)5-4-6-9(11)14/h4-6H,3,7H2,1-2H3. The zero-order valence-corrected chi connectivity index (χ0v) is 10.1. The highest BCUT2D eigenvalue weighted by atomic mass is 19.1. The van der Waals surface area contributed by atoms with Crippen molar-refractivity contribution in [2.45, 2.75) is 6.92 Å². The summed E-state index contributed by atoms with van der Waals surface area (Å²) in [4.78, 5) is 24.0. The Balaban J connectivity index is 3.00. The molecule has 0 aromatic heterocycles. The van der Waals surface area contributed by atoms with Crippen molar-refractivity contribution in [3.05, 3.63) is 35.4 Å². The van der Waals surface area contributed by atoms with Crippen molar-refractivity contribution in [1.82, 2.24) is 4.90 Å². The molecule has 0 spiro atoms. The van der Waals surface area contributed by atoms with Crippen LogP contribution in [0.4, 0.5) is 8.78 Å². The SMILES string of the molecule is CCN(CC(=O)OC)C(=O)c1c(F)cccc1F. The molecule has 0 aliphatic carbocycles. The molecule has 1 aromatic carbocycles. The Kier molecular flexibility index (Phi) is 4.76. The van der Waals surface area contributed by atoms with Crippen LogP contribution in [0.2, 0.25) is 0 Å². The first-order valence-corrected chi connectivity index (χ1v) is 5.31. The monoisotopic (exact) mass is 257 g/mol. The van der Waals surface area contributed by atoms with E-state index in [9.17, 15) is 18.4 Å². The van der Waals surface area contributed by atoms with E-state index >= 15 is 0 Å². The molecular formula is C12H13F2NO3. The lowest BCUT2D eigenvalue weighted by atomic mass is 10.1. The third-order valence-corrected chi connectivity index (χ3v) is 2.39. The Morgan fingerprint density at radius 3 is 2.28 bits per heavy atom. The van der Waals surface area contributed by atoms with Crippen molar-refractivity contribution in [3.63, 3.8) is 0 Å². The predicted octanol–water partition coefficient (Wildman–Crippen LogP) is 1.60. The molecule has 98 valence electrons. The minimum Gasteiger partial charge on any atom is -0.468 e. The summed E-state index contributed by atoms with van der Waals surface area (Å²) in [7, 11) is 1.17. The van der Waals surface area contributed by atoms with Gasteiger partial charge in [0.05, 0.1) is 7.11 Å². The molecule has 0 aliphatic rings. The Labute approximate surface area is 103 Å².